The molecule has 1 fully saturated rings. The molecule has 1 saturated heterocycles. The Morgan fingerprint density at radius 2 is 2.00 bits per heavy atom. The Balaban J connectivity index is 0.000000256. The van der Waals surface area contributed by atoms with Gasteiger partial charge in [0.15, 0.2) is 0 Å². The van der Waals surface area contributed by atoms with Crippen molar-refractivity contribution < 1.29 is 27.9 Å². The number of benzene rings is 1. The molecule has 7 nitrogen and oxygen atoms in total. The molecule has 2 heterocycles. The summed E-state index contributed by atoms with van der Waals surface area (Å²) >= 11 is 0. The summed E-state index contributed by atoms with van der Waals surface area (Å²) in [4.78, 5) is 21.0. The number of aromatic nitrogens is 2. The van der Waals surface area contributed by atoms with Crippen LogP contribution in [0.25, 0.3) is 10.9 Å². The second-order valence-electron chi connectivity index (χ2n) is 5.40. The van der Waals surface area contributed by atoms with Crippen molar-refractivity contribution in [1.82, 2.24) is 15.5 Å². The van der Waals surface area contributed by atoms with Crippen molar-refractivity contribution in [3.63, 3.8) is 0 Å². The smallest absolute Gasteiger partial charge is 0.475 e. The van der Waals surface area contributed by atoms with E-state index in [0.29, 0.717) is 0 Å². The van der Waals surface area contributed by atoms with Crippen LogP contribution in [0.1, 0.15) is 13.3 Å². The average Bonchev–Trinajstić information content (AvgIpc) is 2.93. The number of anilines is 1. The number of carboxylic acid groups (broad SMARTS) is 1. The fourth-order valence-corrected chi connectivity index (χ4v) is 2.03. The first-order chi connectivity index (χ1) is 11.1. The highest BCUT2D eigenvalue weighted by molar-refractivity contribution is 6.04. The van der Waals surface area contributed by atoms with E-state index in [4.69, 9.17) is 9.90 Å². The molecule has 1 aromatic heterocycles. The lowest BCUT2D eigenvalue weighted by atomic mass is 9.89. The van der Waals surface area contributed by atoms with Crippen molar-refractivity contribution in [3.8, 4) is 0 Å². The van der Waals surface area contributed by atoms with Gasteiger partial charge in [0.1, 0.15) is 0 Å². The lowest BCUT2D eigenvalue weighted by molar-refractivity contribution is -0.192. The first-order valence-electron chi connectivity index (χ1n) is 6.92. The van der Waals surface area contributed by atoms with Crippen LogP contribution in [0.3, 0.4) is 0 Å². The zero-order chi connectivity index (χ0) is 18.0. The third-order valence-corrected chi connectivity index (χ3v) is 3.62. The molecular weight excluding hydrogens is 329 g/mol. The molecule has 1 aromatic carbocycles. The zero-order valence-electron chi connectivity index (χ0n) is 12.6. The van der Waals surface area contributed by atoms with Crippen LogP contribution in [0, 0.1) is 0 Å². The van der Waals surface area contributed by atoms with Gasteiger partial charge in [-0.15, -0.1) is 0 Å². The molecular formula is C14H15F3N4O3. The first kappa shape index (κ1) is 17.7. The number of H-pyrrole nitrogens is 1. The van der Waals surface area contributed by atoms with Crippen molar-refractivity contribution in [3.05, 3.63) is 24.4 Å². The molecule has 0 radical (unpaired) electrons. The van der Waals surface area contributed by atoms with Crippen LogP contribution >= 0.6 is 0 Å². The Kier molecular flexibility index (Phi) is 4.78. The van der Waals surface area contributed by atoms with Gasteiger partial charge in [0.2, 0.25) is 5.91 Å². The van der Waals surface area contributed by atoms with Gasteiger partial charge in [-0.1, -0.05) is 6.07 Å². The van der Waals surface area contributed by atoms with Gasteiger partial charge in [-0.2, -0.15) is 18.3 Å². The maximum atomic E-state index is 12.1. The minimum atomic E-state index is -5.08. The number of nitrogens with one attached hydrogen (secondary N) is 3. The molecule has 1 aliphatic rings. The van der Waals surface area contributed by atoms with Crippen LogP contribution in [0.2, 0.25) is 0 Å². The molecule has 1 amide bonds. The SMILES string of the molecule is CC1(C(=O)Nc2cccc3[nH]ncc23)CCN1.O=C(O)C(F)(F)F. The quantitative estimate of drug-likeness (QED) is 0.665. The summed E-state index contributed by atoms with van der Waals surface area (Å²) in [6, 6.07) is 5.71. The maximum Gasteiger partial charge on any atom is 0.490 e. The van der Waals surface area contributed by atoms with E-state index in [1.54, 1.807) is 6.20 Å². The average molecular weight is 344 g/mol. The summed E-state index contributed by atoms with van der Waals surface area (Å²) in [7, 11) is 0. The molecule has 3 rings (SSSR count). The largest absolute Gasteiger partial charge is 0.490 e. The highest BCUT2D eigenvalue weighted by Crippen LogP contribution is 2.24. The highest BCUT2D eigenvalue weighted by atomic mass is 19.4. The van der Waals surface area contributed by atoms with Crippen LogP contribution in [0.5, 0.6) is 0 Å². The van der Waals surface area contributed by atoms with E-state index < -0.39 is 17.7 Å². The number of carboxylic acids is 1. The number of amides is 1. The molecule has 24 heavy (non-hydrogen) atoms. The minimum absolute atomic E-state index is 0.0115. The number of hydrogen-bond acceptors (Lipinski definition) is 4. The fraction of sp³-hybridized carbons (Fsp3) is 0.357. The number of nitrogens with zero attached hydrogens (tertiary/aromatic N) is 1. The van der Waals surface area contributed by atoms with Crippen molar-refractivity contribution in [2.45, 2.75) is 25.1 Å². The van der Waals surface area contributed by atoms with Gasteiger partial charge < -0.3 is 15.7 Å². The van der Waals surface area contributed by atoms with Crippen LogP contribution in [0.4, 0.5) is 18.9 Å². The predicted octanol–water partition coefficient (Wildman–Crippen LogP) is 1.89. The Morgan fingerprint density at radius 1 is 1.38 bits per heavy atom. The first-order valence-corrected chi connectivity index (χ1v) is 6.92. The molecule has 0 bridgehead atoms. The summed E-state index contributed by atoms with van der Waals surface area (Å²) in [5.41, 5.74) is 1.30. The summed E-state index contributed by atoms with van der Waals surface area (Å²) in [6.07, 6.45) is -2.48. The van der Waals surface area contributed by atoms with Crippen molar-refractivity contribution in [2.24, 2.45) is 0 Å². The molecule has 0 saturated carbocycles. The lowest BCUT2D eigenvalue weighted by Crippen LogP contribution is -2.61. The number of halogens is 3. The van der Waals surface area contributed by atoms with Crippen molar-refractivity contribution in [2.75, 3.05) is 11.9 Å². The summed E-state index contributed by atoms with van der Waals surface area (Å²) < 4.78 is 31.7. The molecule has 0 aliphatic carbocycles. The molecule has 1 unspecified atom stereocenters. The van der Waals surface area contributed by atoms with Crippen LogP contribution in [-0.4, -0.2) is 45.4 Å². The summed E-state index contributed by atoms with van der Waals surface area (Å²) in [6.45, 7) is 2.82. The lowest BCUT2D eigenvalue weighted by Gasteiger charge is -2.38. The summed E-state index contributed by atoms with van der Waals surface area (Å²) in [5.74, 6) is -2.75. The van der Waals surface area contributed by atoms with Gasteiger partial charge in [0, 0.05) is 5.39 Å². The molecule has 4 N–H and O–H groups in total. The number of aliphatic carboxylic acids is 1. The van der Waals surface area contributed by atoms with E-state index >= 15 is 0 Å². The van der Waals surface area contributed by atoms with Crippen molar-refractivity contribution in [1.29, 1.82) is 0 Å². The van der Waals surface area contributed by atoms with E-state index in [1.807, 2.05) is 25.1 Å². The second-order valence-corrected chi connectivity index (χ2v) is 5.40. The normalized spacial score (nSPS) is 19.8. The van der Waals surface area contributed by atoms with Crippen LogP contribution in [-0.2, 0) is 9.59 Å². The van der Waals surface area contributed by atoms with E-state index in [1.165, 1.54) is 0 Å². The van der Waals surface area contributed by atoms with E-state index in [9.17, 15) is 18.0 Å². The number of aromatic amines is 1. The van der Waals surface area contributed by atoms with Crippen molar-refractivity contribution >= 4 is 28.5 Å². The van der Waals surface area contributed by atoms with E-state index in [2.05, 4.69) is 20.8 Å². The standard InChI is InChI=1S/C12H14N4O.C2HF3O2/c1-12(5-6-13-12)11(17)15-9-3-2-4-10-8(9)7-14-16-10;3-2(4,5)1(6)7/h2-4,7,13H,5-6H2,1H3,(H,14,16)(H,15,17);(H,6,7). The Hall–Kier alpha value is -2.62. The second kappa shape index (κ2) is 6.48. The van der Waals surface area contributed by atoms with Gasteiger partial charge in [0.25, 0.3) is 0 Å². The van der Waals surface area contributed by atoms with E-state index in [-0.39, 0.29) is 5.91 Å². The molecule has 0 spiro atoms. The van der Waals surface area contributed by atoms with Crippen LogP contribution < -0.4 is 10.6 Å². The minimum Gasteiger partial charge on any atom is -0.475 e. The van der Waals surface area contributed by atoms with Gasteiger partial charge in [-0.3, -0.25) is 9.89 Å². The molecule has 130 valence electrons. The third kappa shape index (κ3) is 3.82. The Labute approximate surface area is 134 Å². The molecule has 1 atom stereocenters. The van der Waals surface area contributed by atoms with Gasteiger partial charge >= 0.3 is 12.1 Å². The Morgan fingerprint density at radius 3 is 2.50 bits per heavy atom. The summed E-state index contributed by atoms with van der Waals surface area (Å²) in [5, 5.41) is 21.0. The monoisotopic (exact) mass is 344 g/mol. The van der Waals surface area contributed by atoms with Gasteiger partial charge in [-0.25, -0.2) is 4.79 Å². The number of rotatable bonds is 2. The maximum absolute atomic E-state index is 12.1. The Bertz CT molecular complexity index is 753. The van der Waals surface area contributed by atoms with Crippen LogP contribution in [0.15, 0.2) is 24.4 Å². The number of fused-ring (bicyclic) bond motifs is 1. The number of hydrogen-bond donors (Lipinski definition) is 4. The number of carbonyl (C=O) groups excluding carboxylic acids is 1. The predicted molar refractivity (Wildman–Crippen MR) is 79.4 cm³/mol. The molecule has 2 aromatic rings. The fourth-order valence-electron chi connectivity index (χ4n) is 2.03. The zero-order valence-corrected chi connectivity index (χ0v) is 12.6. The number of alkyl halides is 3. The van der Waals surface area contributed by atoms with Gasteiger partial charge in [0.05, 0.1) is 22.9 Å². The third-order valence-electron chi connectivity index (χ3n) is 3.62. The topological polar surface area (TPSA) is 107 Å². The molecule has 10 heteroatoms. The number of carbonyl (C=O) groups is 2. The molecule has 1 aliphatic heterocycles. The highest BCUT2D eigenvalue weighted by Gasteiger charge is 2.39. The van der Waals surface area contributed by atoms with E-state index in [0.717, 1.165) is 29.6 Å². The van der Waals surface area contributed by atoms with Gasteiger partial charge in [-0.05, 0) is 32.0 Å².